The second kappa shape index (κ2) is 6.25. The molecule has 1 rings (SSSR count). The van der Waals surface area contributed by atoms with Gasteiger partial charge < -0.3 is 14.7 Å². The molecule has 1 aromatic carbocycles. The summed E-state index contributed by atoms with van der Waals surface area (Å²) in [6.45, 7) is 5.43. The normalized spacial score (nSPS) is 10.3. The van der Waals surface area contributed by atoms with Crippen molar-refractivity contribution in [1.29, 1.82) is 0 Å². The van der Waals surface area contributed by atoms with E-state index in [4.69, 9.17) is 4.74 Å². The minimum absolute atomic E-state index is 0.0262. The first-order valence-electron chi connectivity index (χ1n) is 5.69. The maximum atomic E-state index is 12.0. The number of rotatable bonds is 5. The van der Waals surface area contributed by atoms with E-state index in [1.165, 1.54) is 0 Å². The lowest BCUT2D eigenvalue weighted by Gasteiger charge is -2.17. The molecule has 0 saturated heterocycles. The number of aryl methyl sites for hydroxylation is 1. The Bertz CT molecular complexity index is 390. The minimum atomic E-state index is -0.192. The molecule has 0 aromatic heterocycles. The lowest BCUT2D eigenvalue weighted by molar-refractivity contribution is 0.0707. The van der Waals surface area contributed by atoms with Crippen LogP contribution in [0.4, 0.5) is 0 Å². The summed E-state index contributed by atoms with van der Waals surface area (Å²) in [6, 6.07) is 5.04. The van der Waals surface area contributed by atoms with Crippen LogP contribution in [0.3, 0.4) is 0 Å². The quantitative estimate of drug-likeness (QED) is 0.794. The Balaban J connectivity index is 2.68. The molecule has 4 heteroatoms. The Hall–Kier alpha value is -1.55. The highest BCUT2D eigenvalue weighted by Gasteiger charge is 2.15. The van der Waals surface area contributed by atoms with Gasteiger partial charge in [0.25, 0.3) is 5.91 Å². The van der Waals surface area contributed by atoms with Crippen LogP contribution < -0.4 is 0 Å². The van der Waals surface area contributed by atoms with Crippen LogP contribution in [0.25, 0.3) is 0 Å². The molecule has 1 amide bonds. The molecule has 0 saturated carbocycles. The van der Waals surface area contributed by atoms with Crippen molar-refractivity contribution in [3.05, 3.63) is 29.3 Å². The van der Waals surface area contributed by atoms with Gasteiger partial charge in [-0.2, -0.15) is 0 Å². The van der Waals surface area contributed by atoms with E-state index in [0.717, 1.165) is 5.56 Å². The summed E-state index contributed by atoms with van der Waals surface area (Å²) in [5.74, 6) is -0.166. The van der Waals surface area contributed by atoms with Gasteiger partial charge in [-0.1, -0.05) is 6.07 Å². The van der Waals surface area contributed by atoms with Crippen LogP contribution in [-0.2, 0) is 4.74 Å². The second-order valence-corrected chi connectivity index (χ2v) is 3.94. The van der Waals surface area contributed by atoms with Crippen LogP contribution in [0.2, 0.25) is 0 Å². The molecule has 0 bridgehead atoms. The summed E-state index contributed by atoms with van der Waals surface area (Å²) in [7, 11) is 1.70. The lowest BCUT2D eigenvalue weighted by atomic mass is 10.1. The van der Waals surface area contributed by atoms with Crippen LogP contribution in [0.15, 0.2) is 18.2 Å². The number of ether oxygens (including phenoxy) is 1. The Morgan fingerprint density at radius 1 is 1.47 bits per heavy atom. The van der Waals surface area contributed by atoms with Gasteiger partial charge in [-0.05, 0) is 31.5 Å². The monoisotopic (exact) mass is 237 g/mol. The van der Waals surface area contributed by atoms with E-state index in [2.05, 4.69) is 0 Å². The zero-order valence-electron chi connectivity index (χ0n) is 10.6. The standard InChI is InChI=1S/C13H19NO3/c1-4-17-8-7-14(3)13(16)11-6-5-10(2)9-12(11)15/h5-6,9,15H,4,7-8H2,1-3H3. The summed E-state index contributed by atoms with van der Waals surface area (Å²) >= 11 is 0. The fourth-order valence-electron chi connectivity index (χ4n) is 1.48. The molecule has 0 aliphatic heterocycles. The Morgan fingerprint density at radius 2 is 2.18 bits per heavy atom. The lowest BCUT2D eigenvalue weighted by Crippen LogP contribution is -2.30. The van der Waals surface area contributed by atoms with E-state index >= 15 is 0 Å². The highest BCUT2D eigenvalue weighted by molar-refractivity contribution is 5.96. The van der Waals surface area contributed by atoms with Crippen LogP contribution in [0, 0.1) is 6.92 Å². The zero-order chi connectivity index (χ0) is 12.8. The van der Waals surface area contributed by atoms with Gasteiger partial charge in [0.05, 0.1) is 12.2 Å². The van der Waals surface area contributed by atoms with E-state index in [-0.39, 0.29) is 11.7 Å². The average molecular weight is 237 g/mol. The van der Waals surface area contributed by atoms with E-state index in [1.54, 1.807) is 24.1 Å². The molecule has 1 aromatic rings. The van der Waals surface area contributed by atoms with Crippen molar-refractivity contribution >= 4 is 5.91 Å². The molecule has 0 aliphatic rings. The van der Waals surface area contributed by atoms with Gasteiger partial charge in [-0.25, -0.2) is 0 Å². The largest absolute Gasteiger partial charge is 0.507 e. The molecule has 4 nitrogen and oxygen atoms in total. The highest BCUT2D eigenvalue weighted by Crippen LogP contribution is 2.19. The highest BCUT2D eigenvalue weighted by atomic mass is 16.5. The third kappa shape index (κ3) is 3.75. The number of amides is 1. The third-order valence-electron chi connectivity index (χ3n) is 2.51. The number of hydrogen-bond donors (Lipinski definition) is 1. The minimum Gasteiger partial charge on any atom is -0.507 e. The fraction of sp³-hybridized carbons (Fsp3) is 0.462. The van der Waals surface area contributed by atoms with Gasteiger partial charge in [0.1, 0.15) is 5.75 Å². The van der Waals surface area contributed by atoms with Crippen molar-refractivity contribution in [2.75, 3.05) is 26.8 Å². The van der Waals surface area contributed by atoms with Crippen molar-refractivity contribution in [1.82, 2.24) is 4.90 Å². The molecule has 0 spiro atoms. The maximum Gasteiger partial charge on any atom is 0.257 e. The first-order valence-corrected chi connectivity index (χ1v) is 5.69. The smallest absolute Gasteiger partial charge is 0.257 e. The van der Waals surface area contributed by atoms with E-state index in [1.807, 2.05) is 19.9 Å². The number of phenols is 1. The maximum absolute atomic E-state index is 12.0. The molecule has 17 heavy (non-hydrogen) atoms. The molecule has 0 atom stereocenters. The predicted octanol–water partition coefficient (Wildman–Crippen LogP) is 1.81. The molecule has 0 fully saturated rings. The van der Waals surface area contributed by atoms with Gasteiger partial charge in [0, 0.05) is 20.2 Å². The molecule has 0 aliphatic carbocycles. The average Bonchev–Trinajstić information content (AvgIpc) is 2.28. The summed E-state index contributed by atoms with van der Waals surface area (Å²) in [5.41, 5.74) is 1.26. The summed E-state index contributed by atoms with van der Waals surface area (Å²) in [4.78, 5) is 13.5. The van der Waals surface area contributed by atoms with E-state index < -0.39 is 0 Å². The van der Waals surface area contributed by atoms with E-state index in [9.17, 15) is 9.90 Å². The van der Waals surface area contributed by atoms with E-state index in [0.29, 0.717) is 25.3 Å². The Labute approximate surface area is 102 Å². The number of carbonyl (C=O) groups is 1. The first kappa shape index (κ1) is 13.5. The molecule has 0 radical (unpaired) electrons. The number of hydrogen-bond acceptors (Lipinski definition) is 3. The van der Waals surface area contributed by atoms with Crippen molar-refractivity contribution in [3.63, 3.8) is 0 Å². The number of aromatic hydroxyl groups is 1. The van der Waals surface area contributed by atoms with Crippen LogP contribution in [-0.4, -0.2) is 42.7 Å². The summed E-state index contributed by atoms with van der Waals surface area (Å²) in [5, 5.41) is 9.70. The Kier molecular flexibility index (Phi) is 4.97. The molecular formula is C13H19NO3. The first-order chi connectivity index (χ1) is 8.06. The van der Waals surface area contributed by atoms with Crippen LogP contribution in [0.1, 0.15) is 22.8 Å². The molecular weight excluding hydrogens is 218 g/mol. The zero-order valence-corrected chi connectivity index (χ0v) is 10.6. The van der Waals surface area contributed by atoms with Crippen LogP contribution >= 0.6 is 0 Å². The number of benzene rings is 1. The van der Waals surface area contributed by atoms with Gasteiger partial charge in [-0.3, -0.25) is 4.79 Å². The number of carbonyl (C=O) groups excluding carboxylic acids is 1. The summed E-state index contributed by atoms with van der Waals surface area (Å²) in [6.07, 6.45) is 0. The molecule has 1 N–H and O–H groups in total. The van der Waals surface area contributed by atoms with Crippen molar-refractivity contribution in [3.8, 4) is 5.75 Å². The predicted molar refractivity (Wildman–Crippen MR) is 66.3 cm³/mol. The van der Waals surface area contributed by atoms with Crippen molar-refractivity contribution in [2.45, 2.75) is 13.8 Å². The summed E-state index contributed by atoms with van der Waals surface area (Å²) < 4.78 is 5.18. The van der Waals surface area contributed by atoms with Crippen molar-refractivity contribution in [2.24, 2.45) is 0 Å². The fourth-order valence-corrected chi connectivity index (χ4v) is 1.48. The third-order valence-corrected chi connectivity index (χ3v) is 2.51. The topological polar surface area (TPSA) is 49.8 Å². The molecule has 0 unspecified atom stereocenters. The number of nitrogens with zero attached hydrogens (tertiary/aromatic N) is 1. The SMILES string of the molecule is CCOCCN(C)C(=O)c1ccc(C)cc1O. The van der Waals surface area contributed by atoms with Gasteiger partial charge in [-0.15, -0.1) is 0 Å². The second-order valence-electron chi connectivity index (χ2n) is 3.94. The van der Waals surface area contributed by atoms with Gasteiger partial charge >= 0.3 is 0 Å². The van der Waals surface area contributed by atoms with Gasteiger partial charge in [0.15, 0.2) is 0 Å². The number of phenolic OH excluding ortho intramolecular Hbond substituents is 1. The Morgan fingerprint density at radius 3 is 2.76 bits per heavy atom. The van der Waals surface area contributed by atoms with Crippen LogP contribution in [0.5, 0.6) is 5.75 Å². The number of likely N-dealkylation sites (N-methyl/N-ethyl adjacent to an activating group) is 1. The molecule has 94 valence electrons. The van der Waals surface area contributed by atoms with Crippen molar-refractivity contribution < 1.29 is 14.6 Å². The molecule has 0 heterocycles. The van der Waals surface area contributed by atoms with Gasteiger partial charge in [0.2, 0.25) is 0 Å².